The van der Waals surface area contributed by atoms with Gasteiger partial charge >= 0.3 is 0 Å². The van der Waals surface area contributed by atoms with Crippen molar-refractivity contribution in [3.8, 4) is 0 Å². The van der Waals surface area contributed by atoms with E-state index in [0.29, 0.717) is 25.6 Å². The van der Waals surface area contributed by atoms with Crippen LogP contribution in [0.3, 0.4) is 0 Å². The standard InChI is InChI=1S/C9H20N4O2S2.HI/c1-10-9(11-2)12-3-8-17(14,15)13-4-6-16-7-5-13;/h3-8H2,1-2H3,(H2,10,11,12);1H. The van der Waals surface area contributed by atoms with Crippen LogP contribution in [0, 0.1) is 0 Å². The van der Waals surface area contributed by atoms with Crippen LogP contribution in [0.25, 0.3) is 0 Å². The van der Waals surface area contributed by atoms with Crippen molar-refractivity contribution in [2.24, 2.45) is 4.99 Å². The maximum absolute atomic E-state index is 12.0. The molecule has 0 aliphatic carbocycles. The van der Waals surface area contributed by atoms with Gasteiger partial charge in [0.15, 0.2) is 5.96 Å². The number of guanidine groups is 1. The molecule has 9 heteroatoms. The fraction of sp³-hybridized carbons (Fsp3) is 0.889. The second kappa shape index (κ2) is 9.21. The molecule has 0 saturated carbocycles. The van der Waals surface area contributed by atoms with Gasteiger partial charge in [0, 0.05) is 45.2 Å². The summed E-state index contributed by atoms with van der Waals surface area (Å²) in [6, 6.07) is 0. The molecule has 1 heterocycles. The lowest BCUT2D eigenvalue weighted by Crippen LogP contribution is -2.43. The SMILES string of the molecule is CN=C(NC)NCCS(=O)(=O)N1CCSCC1.I. The van der Waals surface area contributed by atoms with Crippen LogP contribution in [0.1, 0.15) is 0 Å². The largest absolute Gasteiger partial charge is 0.359 e. The van der Waals surface area contributed by atoms with Crippen molar-refractivity contribution in [3.05, 3.63) is 0 Å². The molecule has 1 rings (SSSR count). The number of hydrogen-bond acceptors (Lipinski definition) is 4. The van der Waals surface area contributed by atoms with E-state index < -0.39 is 10.0 Å². The molecule has 1 saturated heterocycles. The van der Waals surface area contributed by atoms with Crippen molar-refractivity contribution in [2.75, 3.05) is 51.0 Å². The molecule has 0 aromatic rings. The fourth-order valence-corrected chi connectivity index (χ4v) is 4.02. The minimum absolute atomic E-state index is 0. The Morgan fingerprint density at radius 1 is 1.39 bits per heavy atom. The van der Waals surface area contributed by atoms with Crippen LogP contribution in [-0.4, -0.2) is 69.7 Å². The number of nitrogens with one attached hydrogen (secondary N) is 2. The monoisotopic (exact) mass is 408 g/mol. The molecule has 0 bridgehead atoms. The highest BCUT2D eigenvalue weighted by atomic mass is 127. The van der Waals surface area contributed by atoms with Gasteiger partial charge in [-0.1, -0.05) is 0 Å². The third-order valence-electron chi connectivity index (χ3n) is 2.48. The van der Waals surface area contributed by atoms with Gasteiger partial charge in [-0.3, -0.25) is 4.99 Å². The second-order valence-corrected chi connectivity index (χ2v) is 6.89. The molecule has 0 unspecified atom stereocenters. The highest BCUT2D eigenvalue weighted by Crippen LogP contribution is 2.12. The van der Waals surface area contributed by atoms with Crippen molar-refractivity contribution in [1.82, 2.24) is 14.9 Å². The molecule has 0 spiro atoms. The number of aliphatic imine (C=N–C) groups is 1. The first-order chi connectivity index (χ1) is 8.10. The Balaban J connectivity index is 0.00000289. The van der Waals surface area contributed by atoms with Gasteiger partial charge in [0.25, 0.3) is 0 Å². The Kier molecular flexibility index (Phi) is 9.34. The third kappa shape index (κ3) is 5.93. The van der Waals surface area contributed by atoms with E-state index in [1.165, 1.54) is 0 Å². The summed E-state index contributed by atoms with van der Waals surface area (Å²) >= 11 is 1.80. The van der Waals surface area contributed by atoms with Gasteiger partial charge < -0.3 is 10.6 Å². The fourth-order valence-electron chi connectivity index (χ4n) is 1.53. The molecule has 0 radical (unpaired) electrons. The number of sulfonamides is 1. The maximum Gasteiger partial charge on any atom is 0.215 e. The molecule has 0 aromatic heterocycles. The number of rotatable bonds is 4. The van der Waals surface area contributed by atoms with Crippen LogP contribution in [0.2, 0.25) is 0 Å². The Hall–Kier alpha value is 0.260. The zero-order valence-electron chi connectivity index (χ0n) is 10.7. The lowest BCUT2D eigenvalue weighted by atomic mass is 10.6. The van der Waals surface area contributed by atoms with Gasteiger partial charge in [-0.05, 0) is 0 Å². The molecule has 1 fully saturated rings. The molecule has 0 aromatic carbocycles. The molecule has 2 N–H and O–H groups in total. The van der Waals surface area contributed by atoms with Crippen molar-refractivity contribution >= 4 is 51.7 Å². The van der Waals surface area contributed by atoms with E-state index in [-0.39, 0.29) is 29.7 Å². The smallest absolute Gasteiger partial charge is 0.215 e. The second-order valence-electron chi connectivity index (χ2n) is 3.58. The van der Waals surface area contributed by atoms with Crippen LogP contribution in [-0.2, 0) is 10.0 Å². The Morgan fingerprint density at radius 3 is 2.50 bits per heavy atom. The summed E-state index contributed by atoms with van der Waals surface area (Å²) in [5, 5.41) is 5.79. The molecular weight excluding hydrogens is 387 g/mol. The summed E-state index contributed by atoms with van der Waals surface area (Å²) in [6.45, 7) is 1.64. The topological polar surface area (TPSA) is 73.8 Å². The van der Waals surface area contributed by atoms with Gasteiger partial charge in [-0.25, -0.2) is 12.7 Å². The van der Waals surface area contributed by atoms with Crippen LogP contribution >= 0.6 is 35.7 Å². The van der Waals surface area contributed by atoms with E-state index in [0.717, 1.165) is 11.5 Å². The van der Waals surface area contributed by atoms with Crippen molar-refractivity contribution < 1.29 is 8.42 Å². The minimum Gasteiger partial charge on any atom is -0.359 e. The van der Waals surface area contributed by atoms with Crippen LogP contribution in [0.4, 0.5) is 0 Å². The molecule has 1 aliphatic heterocycles. The summed E-state index contributed by atoms with van der Waals surface area (Å²) in [5.41, 5.74) is 0. The Bertz CT molecular complexity index is 356. The minimum atomic E-state index is -3.12. The van der Waals surface area contributed by atoms with E-state index in [2.05, 4.69) is 15.6 Å². The lowest BCUT2D eigenvalue weighted by Gasteiger charge is -2.25. The summed E-state index contributed by atoms with van der Waals surface area (Å²) in [6.07, 6.45) is 0. The van der Waals surface area contributed by atoms with Crippen molar-refractivity contribution in [1.29, 1.82) is 0 Å². The van der Waals surface area contributed by atoms with E-state index >= 15 is 0 Å². The summed E-state index contributed by atoms with van der Waals surface area (Å²) in [5.74, 6) is 2.50. The highest BCUT2D eigenvalue weighted by Gasteiger charge is 2.23. The zero-order chi connectivity index (χ0) is 12.7. The number of hydrogen-bond donors (Lipinski definition) is 2. The van der Waals surface area contributed by atoms with E-state index in [1.54, 1.807) is 30.2 Å². The van der Waals surface area contributed by atoms with Crippen LogP contribution < -0.4 is 10.6 Å². The number of nitrogens with zero attached hydrogens (tertiary/aromatic N) is 2. The summed E-state index contributed by atoms with van der Waals surface area (Å²) in [7, 11) is 0.269. The molecule has 1 aliphatic rings. The molecular formula is C9H21IN4O2S2. The normalized spacial score (nSPS) is 18.0. The van der Waals surface area contributed by atoms with Gasteiger partial charge in [0.05, 0.1) is 5.75 Å². The molecule has 6 nitrogen and oxygen atoms in total. The molecule has 0 amide bonds. The lowest BCUT2D eigenvalue weighted by molar-refractivity contribution is 0.443. The molecule has 18 heavy (non-hydrogen) atoms. The predicted octanol–water partition coefficient (Wildman–Crippen LogP) is -0.222. The first-order valence-electron chi connectivity index (χ1n) is 5.54. The van der Waals surface area contributed by atoms with E-state index in [1.807, 2.05) is 0 Å². The highest BCUT2D eigenvalue weighted by molar-refractivity contribution is 14.0. The quantitative estimate of drug-likeness (QED) is 0.382. The van der Waals surface area contributed by atoms with Gasteiger partial charge in [0.1, 0.15) is 0 Å². The van der Waals surface area contributed by atoms with Gasteiger partial charge in [-0.15, -0.1) is 24.0 Å². The average molecular weight is 408 g/mol. The predicted molar refractivity (Wildman–Crippen MR) is 88.5 cm³/mol. The van der Waals surface area contributed by atoms with E-state index in [9.17, 15) is 8.42 Å². The average Bonchev–Trinajstić information content (AvgIpc) is 2.36. The molecule has 0 atom stereocenters. The summed E-state index contributed by atoms with van der Waals surface area (Å²) < 4.78 is 25.5. The van der Waals surface area contributed by atoms with Gasteiger partial charge in [-0.2, -0.15) is 11.8 Å². The number of halogens is 1. The Labute approximate surface area is 130 Å². The first kappa shape index (κ1) is 18.3. The Morgan fingerprint density at radius 2 is 2.00 bits per heavy atom. The number of thioether (sulfide) groups is 1. The van der Waals surface area contributed by atoms with Crippen LogP contribution in [0.5, 0.6) is 0 Å². The first-order valence-corrected chi connectivity index (χ1v) is 8.30. The van der Waals surface area contributed by atoms with Crippen molar-refractivity contribution in [3.63, 3.8) is 0 Å². The molecule has 108 valence electrons. The van der Waals surface area contributed by atoms with E-state index in [4.69, 9.17) is 0 Å². The van der Waals surface area contributed by atoms with Crippen molar-refractivity contribution in [2.45, 2.75) is 0 Å². The maximum atomic E-state index is 12.0. The van der Waals surface area contributed by atoms with Gasteiger partial charge in [0.2, 0.25) is 10.0 Å². The summed E-state index contributed by atoms with van der Waals surface area (Å²) in [4.78, 5) is 3.92. The zero-order valence-corrected chi connectivity index (χ0v) is 14.6. The third-order valence-corrected chi connectivity index (χ3v) is 5.29. The van der Waals surface area contributed by atoms with Crippen LogP contribution in [0.15, 0.2) is 4.99 Å².